The number of hydrogen-bond donors (Lipinski definition) is 1. The Morgan fingerprint density at radius 2 is 1.60 bits per heavy atom. The Kier molecular flexibility index (Phi) is 5.85. The molecule has 0 atom stereocenters. The van der Waals surface area contributed by atoms with E-state index in [4.69, 9.17) is 0 Å². The number of hydrogen-bond acceptors (Lipinski definition) is 4. The number of urea groups is 1. The molecule has 0 spiro atoms. The highest BCUT2D eigenvalue weighted by Crippen LogP contribution is 2.40. The van der Waals surface area contributed by atoms with Gasteiger partial charge in [0.2, 0.25) is 5.91 Å². The molecule has 0 aromatic carbocycles. The molecule has 1 saturated carbocycles. The van der Waals surface area contributed by atoms with Gasteiger partial charge in [-0.1, -0.05) is 27.2 Å². The highest BCUT2D eigenvalue weighted by Gasteiger charge is 2.44. The van der Waals surface area contributed by atoms with E-state index in [9.17, 15) is 19.2 Å². The third-order valence-electron chi connectivity index (χ3n) is 5.86. The maximum Gasteiger partial charge on any atom is 0.334 e. The van der Waals surface area contributed by atoms with Crippen molar-refractivity contribution in [2.75, 3.05) is 13.1 Å². The first-order valence-corrected chi connectivity index (χ1v) is 9.18. The van der Waals surface area contributed by atoms with Gasteiger partial charge in [0.15, 0.2) is 0 Å². The summed E-state index contributed by atoms with van der Waals surface area (Å²) in [5, 5.41) is 2.91. The minimum Gasteiger partial charge on any atom is -0.352 e. The summed E-state index contributed by atoms with van der Waals surface area (Å²) in [7, 11) is 0. The van der Waals surface area contributed by atoms with Gasteiger partial charge in [0.1, 0.15) is 6.54 Å². The first kappa shape index (κ1) is 19.4. The molecule has 0 unspecified atom stereocenters. The SMILES string of the molecule is CCN1C(=O)C(=O)N(CC(=O)NC2CCC(C(C)(C)CC)CC2)C1=O. The fourth-order valence-corrected chi connectivity index (χ4v) is 3.69. The molecule has 1 saturated heterocycles. The number of carbonyl (C=O) groups is 4. The molecule has 5 amide bonds. The minimum atomic E-state index is -0.921. The third-order valence-corrected chi connectivity index (χ3v) is 5.86. The highest BCUT2D eigenvalue weighted by atomic mass is 16.2. The van der Waals surface area contributed by atoms with E-state index >= 15 is 0 Å². The molecule has 1 N–H and O–H groups in total. The minimum absolute atomic E-state index is 0.0715. The second kappa shape index (κ2) is 7.54. The van der Waals surface area contributed by atoms with Gasteiger partial charge in [-0.05, 0) is 43.9 Å². The summed E-state index contributed by atoms with van der Waals surface area (Å²) in [6.45, 7) is 8.13. The molecule has 2 rings (SSSR count). The highest BCUT2D eigenvalue weighted by molar-refractivity contribution is 6.45. The van der Waals surface area contributed by atoms with Crippen LogP contribution >= 0.6 is 0 Å². The van der Waals surface area contributed by atoms with Crippen molar-refractivity contribution in [2.45, 2.75) is 65.8 Å². The zero-order chi connectivity index (χ0) is 18.8. The molecule has 2 fully saturated rings. The van der Waals surface area contributed by atoms with Gasteiger partial charge in [-0.3, -0.25) is 19.3 Å². The standard InChI is InChI=1S/C18H29N3O4/c1-5-18(3,4)12-7-9-13(10-8-12)19-14(22)11-21-16(24)15(23)20(6-2)17(21)25/h12-13H,5-11H2,1-4H3,(H,19,22). The van der Waals surface area contributed by atoms with Gasteiger partial charge in [-0.15, -0.1) is 0 Å². The van der Waals surface area contributed by atoms with Crippen LogP contribution in [-0.2, 0) is 14.4 Å². The van der Waals surface area contributed by atoms with Crippen LogP contribution in [0.1, 0.15) is 59.8 Å². The molecule has 0 aromatic heterocycles. The van der Waals surface area contributed by atoms with Crippen molar-refractivity contribution in [3.63, 3.8) is 0 Å². The van der Waals surface area contributed by atoms with Gasteiger partial charge in [0, 0.05) is 12.6 Å². The Morgan fingerprint density at radius 1 is 1.04 bits per heavy atom. The van der Waals surface area contributed by atoms with Crippen LogP contribution in [0, 0.1) is 11.3 Å². The van der Waals surface area contributed by atoms with Crippen LogP contribution < -0.4 is 5.32 Å². The second-order valence-corrected chi connectivity index (χ2v) is 7.68. The molecule has 7 heteroatoms. The lowest BCUT2D eigenvalue weighted by molar-refractivity contribution is -0.144. The van der Waals surface area contributed by atoms with Gasteiger partial charge in [-0.25, -0.2) is 9.69 Å². The second-order valence-electron chi connectivity index (χ2n) is 7.68. The van der Waals surface area contributed by atoms with Crippen molar-refractivity contribution in [1.29, 1.82) is 0 Å². The average molecular weight is 351 g/mol. The van der Waals surface area contributed by atoms with Crippen LogP contribution in [0.2, 0.25) is 0 Å². The van der Waals surface area contributed by atoms with E-state index in [2.05, 4.69) is 26.1 Å². The van der Waals surface area contributed by atoms with Crippen LogP contribution in [0.3, 0.4) is 0 Å². The predicted octanol–water partition coefficient (Wildman–Crippen LogP) is 1.91. The maximum absolute atomic E-state index is 12.2. The Bertz CT molecular complexity index is 565. The normalized spacial score (nSPS) is 24.9. The molecular formula is C18H29N3O4. The van der Waals surface area contributed by atoms with Crippen molar-refractivity contribution in [3.8, 4) is 0 Å². The van der Waals surface area contributed by atoms with E-state index in [1.807, 2.05) is 0 Å². The lowest BCUT2D eigenvalue weighted by Crippen LogP contribution is -2.46. The van der Waals surface area contributed by atoms with E-state index in [-0.39, 0.29) is 25.0 Å². The predicted molar refractivity (Wildman–Crippen MR) is 92.5 cm³/mol. The molecular weight excluding hydrogens is 322 g/mol. The number of nitrogens with zero attached hydrogens (tertiary/aromatic N) is 2. The summed E-state index contributed by atoms with van der Waals surface area (Å²) >= 11 is 0. The number of rotatable bonds is 6. The molecule has 0 radical (unpaired) electrons. The van der Waals surface area contributed by atoms with Crippen molar-refractivity contribution < 1.29 is 19.2 Å². The van der Waals surface area contributed by atoms with Crippen molar-refractivity contribution in [3.05, 3.63) is 0 Å². The molecule has 0 aromatic rings. The molecule has 25 heavy (non-hydrogen) atoms. The van der Waals surface area contributed by atoms with Crippen molar-refractivity contribution in [1.82, 2.24) is 15.1 Å². The molecule has 1 aliphatic carbocycles. The van der Waals surface area contributed by atoms with Crippen LogP contribution in [0.4, 0.5) is 4.79 Å². The summed E-state index contributed by atoms with van der Waals surface area (Å²) in [5.74, 6) is -1.51. The average Bonchev–Trinajstić information content (AvgIpc) is 2.78. The summed E-state index contributed by atoms with van der Waals surface area (Å²) < 4.78 is 0. The van der Waals surface area contributed by atoms with Gasteiger partial charge in [0.25, 0.3) is 0 Å². The van der Waals surface area contributed by atoms with Gasteiger partial charge < -0.3 is 5.32 Å². The lowest BCUT2D eigenvalue weighted by atomic mass is 9.69. The molecule has 1 heterocycles. The Balaban J connectivity index is 1.85. The number of likely N-dealkylation sites (N-methyl/N-ethyl adjacent to an activating group) is 1. The summed E-state index contributed by atoms with van der Waals surface area (Å²) in [5.41, 5.74) is 0.313. The van der Waals surface area contributed by atoms with Gasteiger partial charge in [-0.2, -0.15) is 0 Å². The van der Waals surface area contributed by atoms with Crippen LogP contribution in [0.25, 0.3) is 0 Å². The zero-order valence-corrected chi connectivity index (χ0v) is 15.6. The fourth-order valence-electron chi connectivity index (χ4n) is 3.69. The summed E-state index contributed by atoms with van der Waals surface area (Å²) in [4.78, 5) is 49.3. The van der Waals surface area contributed by atoms with E-state index < -0.39 is 17.8 Å². The Morgan fingerprint density at radius 3 is 2.08 bits per heavy atom. The molecule has 1 aliphatic heterocycles. The molecule has 7 nitrogen and oxygen atoms in total. The Labute approximate surface area is 149 Å². The van der Waals surface area contributed by atoms with E-state index in [1.165, 1.54) is 0 Å². The number of amides is 5. The topological polar surface area (TPSA) is 86.8 Å². The fraction of sp³-hybridized carbons (Fsp3) is 0.778. The molecule has 140 valence electrons. The van der Waals surface area contributed by atoms with Crippen molar-refractivity contribution in [2.24, 2.45) is 11.3 Å². The first-order valence-electron chi connectivity index (χ1n) is 9.18. The summed E-state index contributed by atoms with van der Waals surface area (Å²) in [6.07, 6.45) is 5.07. The van der Waals surface area contributed by atoms with Crippen LogP contribution in [0.5, 0.6) is 0 Å². The molecule has 0 bridgehead atoms. The van der Waals surface area contributed by atoms with E-state index in [1.54, 1.807) is 6.92 Å². The van der Waals surface area contributed by atoms with E-state index in [0.717, 1.165) is 41.9 Å². The quantitative estimate of drug-likeness (QED) is 0.585. The smallest absolute Gasteiger partial charge is 0.334 e. The van der Waals surface area contributed by atoms with Crippen LogP contribution in [0.15, 0.2) is 0 Å². The molecule has 2 aliphatic rings. The third kappa shape index (κ3) is 4.02. The van der Waals surface area contributed by atoms with Gasteiger partial charge in [0.05, 0.1) is 0 Å². The maximum atomic E-state index is 12.2. The first-order chi connectivity index (χ1) is 11.7. The zero-order valence-electron chi connectivity index (χ0n) is 15.6. The van der Waals surface area contributed by atoms with Crippen molar-refractivity contribution >= 4 is 23.8 Å². The van der Waals surface area contributed by atoms with Crippen LogP contribution in [-0.4, -0.2) is 52.7 Å². The number of imide groups is 2. The lowest BCUT2D eigenvalue weighted by Gasteiger charge is -2.39. The number of nitrogens with one attached hydrogen (secondary N) is 1. The Hall–Kier alpha value is -1.92. The van der Waals surface area contributed by atoms with Gasteiger partial charge >= 0.3 is 17.8 Å². The van der Waals surface area contributed by atoms with E-state index in [0.29, 0.717) is 11.3 Å². The largest absolute Gasteiger partial charge is 0.352 e. The summed E-state index contributed by atoms with van der Waals surface area (Å²) in [6, 6.07) is -0.636. The number of carbonyl (C=O) groups excluding carboxylic acids is 4. The monoisotopic (exact) mass is 351 g/mol.